The zero-order valence-electron chi connectivity index (χ0n) is 16.0. The van der Waals surface area contributed by atoms with Crippen molar-refractivity contribution >= 4 is 15.7 Å². The zero-order valence-corrected chi connectivity index (χ0v) is 16.9. The number of para-hydroxylation sites is 1. The third-order valence-corrected chi connectivity index (χ3v) is 6.85. The highest BCUT2D eigenvalue weighted by Crippen LogP contribution is 2.34. The molecule has 1 aromatic heterocycles. The maximum atomic E-state index is 13.4. The largest absolute Gasteiger partial charge is 0.363 e. The van der Waals surface area contributed by atoms with Crippen molar-refractivity contribution in [3.8, 4) is 0 Å². The van der Waals surface area contributed by atoms with Gasteiger partial charge in [0.1, 0.15) is 5.82 Å². The van der Waals surface area contributed by atoms with Crippen LogP contribution in [-0.2, 0) is 16.4 Å². The molecule has 7 heteroatoms. The Balaban J connectivity index is 1.63. The van der Waals surface area contributed by atoms with Crippen LogP contribution in [0, 0.1) is 12.7 Å². The number of sulfonamides is 1. The van der Waals surface area contributed by atoms with E-state index in [1.165, 1.54) is 17.7 Å². The van der Waals surface area contributed by atoms with Crippen molar-refractivity contribution in [3.63, 3.8) is 0 Å². The number of aromatic nitrogens is 1. The Morgan fingerprint density at radius 2 is 2.00 bits per heavy atom. The Labute approximate surface area is 170 Å². The summed E-state index contributed by atoms with van der Waals surface area (Å²) in [5.41, 5.74) is 3.67. The van der Waals surface area contributed by atoms with E-state index in [0.29, 0.717) is 5.56 Å². The quantitative estimate of drug-likeness (QED) is 0.673. The minimum Gasteiger partial charge on any atom is -0.363 e. The van der Waals surface area contributed by atoms with Crippen molar-refractivity contribution in [2.24, 2.45) is 0 Å². The highest BCUT2D eigenvalue weighted by molar-refractivity contribution is 7.89. The fraction of sp³-hybridized carbons (Fsp3) is 0.227. The van der Waals surface area contributed by atoms with Gasteiger partial charge in [0.05, 0.1) is 10.9 Å². The van der Waals surface area contributed by atoms with Crippen molar-refractivity contribution in [2.75, 3.05) is 18.0 Å². The van der Waals surface area contributed by atoms with Gasteiger partial charge in [-0.1, -0.05) is 24.3 Å². The second kappa shape index (κ2) is 7.93. The van der Waals surface area contributed by atoms with Gasteiger partial charge in [0, 0.05) is 31.2 Å². The molecule has 0 amide bonds. The molecular weight excluding hydrogens is 389 g/mol. The first-order valence-corrected chi connectivity index (χ1v) is 10.9. The van der Waals surface area contributed by atoms with E-state index in [0.717, 1.165) is 30.3 Å². The molecule has 3 aromatic rings. The molecule has 0 spiro atoms. The summed E-state index contributed by atoms with van der Waals surface area (Å²) < 4.78 is 41.9. The van der Waals surface area contributed by atoms with E-state index in [4.69, 9.17) is 0 Å². The molecule has 150 valence electrons. The molecule has 1 N–H and O–H groups in total. The standard InChI is InChI=1S/C22H22FN3O2S/c1-16-13-19(23)8-9-22(16)29(27,28)25-15-21(18-6-4-11-24-14-18)26-12-10-17-5-2-3-7-20(17)26/h2-9,11,13-14,21,25H,10,12,15H2,1H3/t21-/m0/s1. The summed E-state index contributed by atoms with van der Waals surface area (Å²) >= 11 is 0. The summed E-state index contributed by atoms with van der Waals surface area (Å²) in [6.45, 7) is 2.57. The van der Waals surface area contributed by atoms with Gasteiger partial charge in [-0.3, -0.25) is 4.98 Å². The molecule has 1 aliphatic rings. The van der Waals surface area contributed by atoms with Gasteiger partial charge in [0.25, 0.3) is 0 Å². The van der Waals surface area contributed by atoms with E-state index in [-0.39, 0.29) is 17.5 Å². The number of hydrogen-bond donors (Lipinski definition) is 1. The summed E-state index contributed by atoms with van der Waals surface area (Å²) in [5, 5.41) is 0. The van der Waals surface area contributed by atoms with Gasteiger partial charge in [-0.05, 0) is 60.4 Å². The van der Waals surface area contributed by atoms with Gasteiger partial charge in [0.2, 0.25) is 10.0 Å². The lowest BCUT2D eigenvalue weighted by atomic mass is 10.1. The molecule has 4 rings (SSSR count). The van der Waals surface area contributed by atoms with Gasteiger partial charge in [-0.15, -0.1) is 0 Å². The molecule has 0 saturated carbocycles. The topological polar surface area (TPSA) is 62.3 Å². The van der Waals surface area contributed by atoms with E-state index >= 15 is 0 Å². The van der Waals surface area contributed by atoms with E-state index in [1.54, 1.807) is 19.3 Å². The molecule has 1 aliphatic heterocycles. The minimum atomic E-state index is -3.78. The number of nitrogens with zero attached hydrogens (tertiary/aromatic N) is 2. The summed E-state index contributed by atoms with van der Waals surface area (Å²) in [7, 11) is -3.78. The molecule has 0 bridgehead atoms. The Hall–Kier alpha value is -2.77. The Bertz CT molecular complexity index is 1120. The number of halogens is 1. The molecule has 0 unspecified atom stereocenters. The van der Waals surface area contributed by atoms with Crippen LogP contribution in [0.5, 0.6) is 0 Å². The lowest BCUT2D eigenvalue weighted by molar-refractivity contribution is 0.561. The smallest absolute Gasteiger partial charge is 0.240 e. The van der Waals surface area contributed by atoms with E-state index in [1.807, 2.05) is 24.3 Å². The van der Waals surface area contributed by atoms with Crippen LogP contribution >= 0.6 is 0 Å². The Kier molecular flexibility index (Phi) is 5.34. The van der Waals surface area contributed by atoms with E-state index in [9.17, 15) is 12.8 Å². The first kappa shape index (κ1) is 19.5. The number of fused-ring (bicyclic) bond motifs is 1. The van der Waals surface area contributed by atoms with Gasteiger partial charge in [0.15, 0.2) is 0 Å². The maximum Gasteiger partial charge on any atom is 0.240 e. The molecule has 1 atom stereocenters. The number of aryl methyl sites for hydroxylation is 1. The average Bonchev–Trinajstić information content (AvgIpc) is 3.13. The predicted octanol–water partition coefficient (Wildman–Crippen LogP) is 3.61. The predicted molar refractivity (Wildman–Crippen MR) is 111 cm³/mol. The molecule has 0 fully saturated rings. The molecule has 5 nitrogen and oxygen atoms in total. The monoisotopic (exact) mass is 411 g/mol. The second-order valence-electron chi connectivity index (χ2n) is 7.14. The zero-order chi connectivity index (χ0) is 20.4. The minimum absolute atomic E-state index is 0.0886. The van der Waals surface area contributed by atoms with Crippen molar-refractivity contribution in [1.82, 2.24) is 9.71 Å². The molecule has 0 aliphatic carbocycles. The fourth-order valence-corrected chi connectivity index (χ4v) is 5.11. The van der Waals surface area contributed by atoms with E-state index in [2.05, 4.69) is 26.7 Å². The first-order valence-electron chi connectivity index (χ1n) is 9.46. The summed E-state index contributed by atoms with van der Waals surface area (Å²) in [4.78, 5) is 6.52. The highest BCUT2D eigenvalue weighted by atomic mass is 32.2. The molecule has 0 radical (unpaired) electrons. The summed E-state index contributed by atoms with van der Waals surface area (Å²) in [5.74, 6) is -0.455. The van der Waals surface area contributed by atoms with Crippen LogP contribution in [0.4, 0.5) is 10.1 Å². The van der Waals surface area contributed by atoms with Crippen LogP contribution in [0.15, 0.2) is 71.9 Å². The average molecular weight is 412 g/mol. The van der Waals surface area contributed by atoms with Crippen LogP contribution in [-0.4, -0.2) is 26.5 Å². The van der Waals surface area contributed by atoms with Gasteiger partial charge in [-0.2, -0.15) is 0 Å². The number of rotatable bonds is 6. The van der Waals surface area contributed by atoms with Gasteiger partial charge < -0.3 is 4.90 Å². The van der Waals surface area contributed by atoms with Gasteiger partial charge in [-0.25, -0.2) is 17.5 Å². The van der Waals surface area contributed by atoms with Crippen molar-refractivity contribution in [1.29, 1.82) is 0 Å². The van der Waals surface area contributed by atoms with Crippen LogP contribution in [0.2, 0.25) is 0 Å². The normalized spacial score (nSPS) is 14.6. The molecular formula is C22H22FN3O2S. The molecule has 0 saturated heterocycles. The van der Waals surface area contributed by atoms with Crippen molar-refractivity contribution in [2.45, 2.75) is 24.3 Å². The first-order chi connectivity index (χ1) is 14.0. The van der Waals surface area contributed by atoms with E-state index < -0.39 is 15.8 Å². The molecule has 2 aromatic carbocycles. The third-order valence-electron chi connectivity index (χ3n) is 5.26. The van der Waals surface area contributed by atoms with Crippen molar-refractivity contribution in [3.05, 3.63) is 89.5 Å². The SMILES string of the molecule is Cc1cc(F)ccc1S(=O)(=O)NC[C@@H](c1cccnc1)N1CCc2ccccc21. The lowest BCUT2D eigenvalue weighted by Gasteiger charge is -2.31. The Morgan fingerprint density at radius 3 is 2.76 bits per heavy atom. The summed E-state index contributed by atoms with van der Waals surface area (Å²) in [6, 6.07) is 15.5. The fourth-order valence-electron chi connectivity index (χ4n) is 3.85. The van der Waals surface area contributed by atoms with Crippen LogP contribution < -0.4 is 9.62 Å². The van der Waals surface area contributed by atoms with Gasteiger partial charge >= 0.3 is 0 Å². The number of pyridine rings is 1. The van der Waals surface area contributed by atoms with Crippen LogP contribution in [0.25, 0.3) is 0 Å². The second-order valence-corrected chi connectivity index (χ2v) is 8.87. The highest BCUT2D eigenvalue weighted by Gasteiger charge is 2.29. The number of benzene rings is 2. The third kappa shape index (κ3) is 4.02. The van der Waals surface area contributed by atoms with Crippen molar-refractivity contribution < 1.29 is 12.8 Å². The number of anilines is 1. The van der Waals surface area contributed by atoms with Crippen LogP contribution in [0.3, 0.4) is 0 Å². The number of hydrogen-bond acceptors (Lipinski definition) is 4. The molecule has 29 heavy (non-hydrogen) atoms. The summed E-state index contributed by atoms with van der Waals surface area (Å²) in [6.07, 6.45) is 4.38. The number of nitrogens with one attached hydrogen (secondary N) is 1. The lowest BCUT2D eigenvalue weighted by Crippen LogP contribution is -2.37. The maximum absolute atomic E-state index is 13.4. The molecule has 2 heterocycles. The van der Waals surface area contributed by atoms with Crippen LogP contribution in [0.1, 0.15) is 22.7 Å². The Morgan fingerprint density at radius 1 is 1.17 bits per heavy atom.